The largest absolute Gasteiger partial charge is 0.497 e. The molecule has 0 atom stereocenters. The van der Waals surface area contributed by atoms with Gasteiger partial charge in [-0.15, -0.1) is 0 Å². The summed E-state index contributed by atoms with van der Waals surface area (Å²) >= 11 is 0. The Balaban J connectivity index is 2.21. The molecule has 0 amide bonds. The second kappa shape index (κ2) is 5.70. The van der Waals surface area contributed by atoms with E-state index in [0.29, 0.717) is 17.0 Å². The SMILES string of the molecule is COc1ccc2c(N3CCN(C)CC3)c(C#N)c(=O)oc2c1. The van der Waals surface area contributed by atoms with Crippen LogP contribution in [0.3, 0.4) is 0 Å². The van der Waals surface area contributed by atoms with E-state index >= 15 is 0 Å². The molecule has 0 aliphatic carbocycles. The van der Waals surface area contributed by atoms with Gasteiger partial charge in [0, 0.05) is 37.6 Å². The number of ether oxygens (including phenoxy) is 1. The lowest BCUT2D eigenvalue weighted by Crippen LogP contribution is -2.45. The molecule has 1 aliphatic rings. The number of methoxy groups -OCH3 is 1. The topological polar surface area (TPSA) is 69.7 Å². The monoisotopic (exact) mass is 299 g/mol. The Morgan fingerprint density at radius 1 is 1.27 bits per heavy atom. The maximum Gasteiger partial charge on any atom is 0.356 e. The highest BCUT2D eigenvalue weighted by molar-refractivity contribution is 5.94. The number of hydrogen-bond donors (Lipinski definition) is 0. The molecular weight excluding hydrogens is 282 g/mol. The number of rotatable bonds is 2. The Labute approximate surface area is 128 Å². The summed E-state index contributed by atoms with van der Waals surface area (Å²) in [6.45, 7) is 3.33. The van der Waals surface area contributed by atoms with Crippen LogP contribution >= 0.6 is 0 Å². The molecule has 1 aromatic carbocycles. The minimum absolute atomic E-state index is 0.0715. The summed E-state index contributed by atoms with van der Waals surface area (Å²) in [6.07, 6.45) is 0. The van der Waals surface area contributed by atoms with E-state index < -0.39 is 5.63 Å². The predicted octanol–water partition coefficient (Wildman–Crippen LogP) is 1.43. The number of nitrogens with zero attached hydrogens (tertiary/aromatic N) is 3. The van der Waals surface area contributed by atoms with E-state index in [1.54, 1.807) is 13.2 Å². The molecule has 0 unspecified atom stereocenters. The van der Waals surface area contributed by atoms with Crippen LogP contribution in [0.5, 0.6) is 5.75 Å². The van der Waals surface area contributed by atoms with Crippen LogP contribution in [0, 0.1) is 11.3 Å². The third-order valence-corrected chi connectivity index (χ3v) is 4.02. The predicted molar refractivity (Wildman–Crippen MR) is 83.5 cm³/mol. The first kappa shape index (κ1) is 14.4. The zero-order valence-corrected chi connectivity index (χ0v) is 12.6. The Hall–Kier alpha value is -2.52. The van der Waals surface area contributed by atoms with Gasteiger partial charge >= 0.3 is 5.63 Å². The molecule has 2 aromatic rings. The molecule has 0 spiro atoms. The van der Waals surface area contributed by atoms with Crippen molar-refractivity contribution in [3.63, 3.8) is 0 Å². The molecule has 0 bridgehead atoms. The van der Waals surface area contributed by atoms with E-state index in [4.69, 9.17) is 9.15 Å². The summed E-state index contributed by atoms with van der Waals surface area (Å²) in [4.78, 5) is 16.4. The average molecular weight is 299 g/mol. The highest BCUT2D eigenvalue weighted by Gasteiger charge is 2.23. The standard InChI is InChI=1S/C16H17N3O3/c1-18-5-7-19(8-6-18)15-12-4-3-11(21-2)9-14(12)22-16(20)13(15)10-17/h3-4,9H,5-8H2,1-2H3. The number of likely N-dealkylation sites (N-methyl/N-ethyl adjacent to an activating group) is 1. The second-order valence-corrected chi connectivity index (χ2v) is 5.38. The van der Waals surface area contributed by atoms with Crippen LogP contribution in [0.1, 0.15) is 5.56 Å². The molecule has 0 radical (unpaired) electrons. The number of fused-ring (bicyclic) bond motifs is 1. The minimum Gasteiger partial charge on any atom is -0.497 e. The van der Waals surface area contributed by atoms with Crippen LogP contribution in [-0.2, 0) is 0 Å². The van der Waals surface area contributed by atoms with Crippen LogP contribution in [0.25, 0.3) is 11.0 Å². The molecule has 0 saturated carbocycles. The van der Waals surface area contributed by atoms with Crippen LogP contribution in [0.15, 0.2) is 27.4 Å². The highest BCUT2D eigenvalue weighted by Crippen LogP contribution is 2.31. The Bertz CT molecular complexity index is 799. The lowest BCUT2D eigenvalue weighted by atomic mass is 10.1. The number of anilines is 1. The Morgan fingerprint density at radius 3 is 2.64 bits per heavy atom. The summed E-state index contributed by atoms with van der Waals surface area (Å²) in [7, 11) is 3.62. The van der Waals surface area contributed by atoms with Crippen LogP contribution in [-0.4, -0.2) is 45.2 Å². The first-order valence-electron chi connectivity index (χ1n) is 7.12. The molecule has 1 saturated heterocycles. The van der Waals surface area contributed by atoms with Gasteiger partial charge in [0.25, 0.3) is 0 Å². The molecule has 1 aliphatic heterocycles. The third-order valence-electron chi connectivity index (χ3n) is 4.02. The number of benzene rings is 1. The zero-order chi connectivity index (χ0) is 15.7. The van der Waals surface area contributed by atoms with Crippen molar-refractivity contribution in [2.75, 3.05) is 45.2 Å². The van der Waals surface area contributed by atoms with E-state index in [2.05, 4.69) is 16.8 Å². The zero-order valence-electron chi connectivity index (χ0n) is 12.6. The third kappa shape index (κ3) is 2.40. The molecule has 6 heteroatoms. The average Bonchev–Trinajstić information content (AvgIpc) is 2.54. The normalized spacial score (nSPS) is 15.8. The molecule has 0 N–H and O–H groups in total. The maximum atomic E-state index is 12.1. The second-order valence-electron chi connectivity index (χ2n) is 5.38. The van der Waals surface area contributed by atoms with Gasteiger partial charge in [0.15, 0.2) is 5.56 Å². The van der Waals surface area contributed by atoms with E-state index in [1.165, 1.54) is 0 Å². The van der Waals surface area contributed by atoms with Gasteiger partial charge in [-0.25, -0.2) is 4.79 Å². The molecule has 3 rings (SSSR count). The fourth-order valence-corrected chi connectivity index (χ4v) is 2.75. The summed E-state index contributed by atoms with van der Waals surface area (Å²) in [5.74, 6) is 0.615. The van der Waals surface area contributed by atoms with Crippen LogP contribution < -0.4 is 15.3 Å². The van der Waals surface area contributed by atoms with E-state index in [1.807, 2.05) is 18.2 Å². The lowest BCUT2D eigenvalue weighted by Gasteiger charge is -2.34. The van der Waals surface area contributed by atoms with Crippen LogP contribution in [0.4, 0.5) is 5.69 Å². The molecule has 1 fully saturated rings. The van der Waals surface area contributed by atoms with Crippen molar-refractivity contribution in [2.45, 2.75) is 0 Å². The summed E-state index contributed by atoms with van der Waals surface area (Å²) < 4.78 is 10.5. The Kier molecular flexibility index (Phi) is 3.73. The first-order valence-corrected chi connectivity index (χ1v) is 7.12. The van der Waals surface area contributed by atoms with E-state index in [-0.39, 0.29) is 5.56 Å². The van der Waals surface area contributed by atoms with E-state index in [0.717, 1.165) is 31.6 Å². The minimum atomic E-state index is -0.600. The lowest BCUT2D eigenvalue weighted by molar-refractivity contribution is 0.313. The smallest absolute Gasteiger partial charge is 0.356 e. The van der Waals surface area contributed by atoms with Crippen molar-refractivity contribution in [1.29, 1.82) is 5.26 Å². The maximum absolute atomic E-state index is 12.1. The van der Waals surface area contributed by atoms with Gasteiger partial charge in [0.1, 0.15) is 17.4 Å². The van der Waals surface area contributed by atoms with Gasteiger partial charge in [-0.1, -0.05) is 0 Å². The van der Waals surface area contributed by atoms with Crippen molar-refractivity contribution in [3.05, 3.63) is 34.2 Å². The van der Waals surface area contributed by atoms with Gasteiger partial charge < -0.3 is 19.0 Å². The van der Waals surface area contributed by atoms with Crippen molar-refractivity contribution in [1.82, 2.24) is 4.90 Å². The van der Waals surface area contributed by atoms with Crippen molar-refractivity contribution < 1.29 is 9.15 Å². The van der Waals surface area contributed by atoms with Gasteiger partial charge in [-0.05, 0) is 19.2 Å². The summed E-state index contributed by atoms with van der Waals surface area (Å²) in [5.41, 5.74) is 0.584. The number of piperazine rings is 1. The van der Waals surface area contributed by atoms with Gasteiger partial charge in [0.2, 0.25) is 0 Å². The first-order chi connectivity index (χ1) is 10.6. The van der Waals surface area contributed by atoms with E-state index in [9.17, 15) is 10.1 Å². The molecule has 114 valence electrons. The van der Waals surface area contributed by atoms with Crippen molar-refractivity contribution in [3.8, 4) is 11.8 Å². The fourth-order valence-electron chi connectivity index (χ4n) is 2.75. The van der Waals surface area contributed by atoms with Crippen molar-refractivity contribution >= 4 is 16.7 Å². The quantitative estimate of drug-likeness (QED) is 0.781. The van der Waals surface area contributed by atoms with Crippen LogP contribution in [0.2, 0.25) is 0 Å². The number of hydrogen-bond acceptors (Lipinski definition) is 6. The summed E-state index contributed by atoms with van der Waals surface area (Å²) in [5, 5.41) is 10.1. The van der Waals surface area contributed by atoms with Gasteiger partial charge in [0.05, 0.1) is 12.8 Å². The molecule has 2 heterocycles. The summed E-state index contributed by atoms with van der Waals surface area (Å²) in [6, 6.07) is 7.33. The van der Waals surface area contributed by atoms with Crippen molar-refractivity contribution in [2.24, 2.45) is 0 Å². The van der Waals surface area contributed by atoms with Gasteiger partial charge in [-0.2, -0.15) is 5.26 Å². The molecule has 22 heavy (non-hydrogen) atoms. The molecule has 6 nitrogen and oxygen atoms in total. The fraction of sp³-hybridized carbons (Fsp3) is 0.375. The molecule has 1 aromatic heterocycles. The van der Waals surface area contributed by atoms with Gasteiger partial charge in [-0.3, -0.25) is 0 Å². The molecular formula is C16H17N3O3. The number of nitriles is 1. The highest BCUT2D eigenvalue weighted by atomic mass is 16.5. The Morgan fingerprint density at radius 2 is 2.00 bits per heavy atom.